The number of thiophene rings is 1. The normalized spacial score (nSPS) is 11.6. The smallest absolute Gasteiger partial charge is 0.0982 e. The van der Waals surface area contributed by atoms with Gasteiger partial charge in [-0.2, -0.15) is 0 Å². The third-order valence-corrected chi connectivity index (χ3v) is 4.42. The van der Waals surface area contributed by atoms with Crippen LogP contribution in [0, 0.1) is 0 Å². The van der Waals surface area contributed by atoms with Gasteiger partial charge in [-0.1, -0.05) is 11.6 Å². The minimum absolute atomic E-state index is 0.419. The van der Waals surface area contributed by atoms with E-state index in [9.17, 15) is 0 Å². The average molecular weight is 278 g/mol. The molecule has 0 amide bonds. The summed E-state index contributed by atoms with van der Waals surface area (Å²) in [6.45, 7) is 4.27. The fourth-order valence-electron chi connectivity index (χ4n) is 1.78. The molecule has 3 rings (SSSR count). The van der Waals surface area contributed by atoms with E-state index in [0.717, 1.165) is 25.8 Å². The van der Waals surface area contributed by atoms with Crippen LogP contribution in [0.5, 0.6) is 0 Å². The molecular formula is C13H12ClN3S. The van der Waals surface area contributed by atoms with Gasteiger partial charge in [0.1, 0.15) is 0 Å². The van der Waals surface area contributed by atoms with Crippen LogP contribution in [0.25, 0.3) is 20.8 Å². The highest BCUT2D eigenvalue weighted by molar-refractivity contribution is 7.22. The summed E-state index contributed by atoms with van der Waals surface area (Å²) >= 11 is 7.79. The van der Waals surface area contributed by atoms with Crippen LogP contribution < -0.4 is 0 Å². The van der Waals surface area contributed by atoms with Crippen LogP contribution in [0.4, 0.5) is 0 Å². The average Bonchev–Trinajstić information content (AvgIpc) is 2.95. The molecule has 0 unspecified atom stereocenters. The minimum Gasteiger partial charge on any atom is -0.334 e. The number of imidazole rings is 1. The van der Waals surface area contributed by atoms with Crippen molar-refractivity contribution in [1.29, 1.82) is 0 Å². The second-order valence-corrected chi connectivity index (χ2v) is 5.88. The molecule has 3 aromatic rings. The SMILES string of the molecule is CC(C)n1cnc(-c2cc3nccc(Cl)c3s2)c1. The highest BCUT2D eigenvalue weighted by Gasteiger charge is 2.10. The Kier molecular flexibility index (Phi) is 2.84. The van der Waals surface area contributed by atoms with Gasteiger partial charge >= 0.3 is 0 Å². The van der Waals surface area contributed by atoms with Gasteiger partial charge in [0.25, 0.3) is 0 Å². The van der Waals surface area contributed by atoms with Crippen LogP contribution in [-0.2, 0) is 0 Å². The molecule has 3 heterocycles. The van der Waals surface area contributed by atoms with Gasteiger partial charge in [0.15, 0.2) is 0 Å². The van der Waals surface area contributed by atoms with E-state index in [1.165, 1.54) is 0 Å². The molecule has 0 spiro atoms. The molecule has 0 saturated heterocycles. The van der Waals surface area contributed by atoms with Gasteiger partial charge in [-0.05, 0) is 26.0 Å². The van der Waals surface area contributed by atoms with E-state index in [2.05, 4.69) is 34.6 Å². The number of halogens is 1. The van der Waals surface area contributed by atoms with Crippen molar-refractivity contribution in [2.45, 2.75) is 19.9 Å². The van der Waals surface area contributed by atoms with Gasteiger partial charge < -0.3 is 4.57 Å². The Bertz CT molecular complexity index is 699. The molecular weight excluding hydrogens is 266 g/mol. The van der Waals surface area contributed by atoms with E-state index in [0.29, 0.717) is 6.04 Å². The molecule has 0 radical (unpaired) electrons. The van der Waals surface area contributed by atoms with E-state index in [1.807, 2.05) is 18.5 Å². The zero-order valence-corrected chi connectivity index (χ0v) is 11.7. The van der Waals surface area contributed by atoms with Gasteiger partial charge in [-0.25, -0.2) is 4.98 Å². The summed E-state index contributed by atoms with van der Waals surface area (Å²) in [4.78, 5) is 9.86. The zero-order valence-electron chi connectivity index (χ0n) is 10.1. The van der Waals surface area contributed by atoms with Crippen LogP contribution in [0.3, 0.4) is 0 Å². The fourth-order valence-corrected chi connectivity index (χ4v) is 3.03. The number of pyridine rings is 1. The lowest BCUT2D eigenvalue weighted by Gasteiger charge is -2.03. The van der Waals surface area contributed by atoms with Crippen molar-refractivity contribution in [3.8, 4) is 10.6 Å². The van der Waals surface area contributed by atoms with Crippen molar-refractivity contribution >= 4 is 33.2 Å². The predicted molar refractivity (Wildman–Crippen MR) is 76.2 cm³/mol. The summed E-state index contributed by atoms with van der Waals surface area (Å²) < 4.78 is 3.11. The number of nitrogens with zero attached hydrogens (tertiary/aromatic N) is 3. The monoisotopic (exact) mass is 277 g/mol. The number of aromatic nitrogens is 3. The van der Waals surface area contributed by atoms with Crippen LogP contribution >= 0.6 is 22.9 Å². The van der Waals surface area contributed by atoms with Crippen molar-refractivity contribution in [2.75, 3.05) is 0 Å². The van der Waals surface area contributed by atoms with Crippen molar-refractivity contribution in [1.82, 2.24) is 14.5 Å². The van der Waals surface area contributed by atoms with E-state index < -0.39 is 0 Å². The Morgan fingerprint density at radius 2 is 2.17 bits per heavy atom. The van der Waals surface area contributed by atoms with Crippen LogP contribution in [0.2, 0.25) is 5.02 Å². The Hall–Kier alpha value is -1.39. The molecule has 0 aliphatic heterocycles. The second-order valence-electron chi connectivity index (χ2n) is 4.42. The van der Waals surface area contributed by atoms with Gasteiger partial charge in [0.05, 0.1) is 32.1 Å². The maximum atomic E-state index is 6.16. The minimum atomic E-state index is 0.419. The number of fused-ring (bicyclic) bond motifs is 1. The molecule has 0 N–H and O–H groups in total. The van der Waals surface area contributed by atoms with Gasteiger partial charge in [0, 0.05) is 18.4 Å². The topological polar surface area (TPSA) is 30.7 Å². The predicted octanol–water partition coefficient (Wildman–Crippen LogP) is 4.39. The molecule has 0 aromatic carbocycles. The molecule has 0 aliphatic rings. The highest BCUT2D eigenvalue weighted by atomic mass is 35.5. The quantitative estimate of drug-likeness (QED) is 0.695. The van der Waals surface area contributed by atoms with Crippen LogP contribution in [0.1, 0.15) is 19.9 Å². The summed E-state index contributed by atoms with van der Waals surface area (Å²) in [5.74, 6) is 0. The molecule has 92 valence electrons. The molecule has 3 nitrogen and oxygen atoms in total. The third kappa shape index (κ3) is 1.91. The Morgan fingerprint density at radius 1 is 1.33 bits per heavy atom. The lowest BCUT2D eigenvalue weighted by molar-refractivity contribution is 0.600. The van der Waals surface area contributed by atoms with Crippen LogP contribution in [-0.4, -0.2) is 14.5 Å². The Balaban J connectivity index is 2.10. The zero-order chi connectivity index (χ0) is 12.7. The molecule has 5 heteroatoms. The van der Waals surface area contributed by atoms with Crippen LogP contribution in [0.15, 0.2) is 30.9 Å². The summed E-state index contributed by atoms with van der Waals surface area (Å²) in [6.07, 6.45) is 5.65. The largest absolute Gasteiger partial charge is 0.334 e. The number of hydrogen-bond acceptors (Lipinski definition) is 3. The first-order valence-electron chi connectivity index (χ1n) is 5.73. The maximum absolute atomic E-state index is 6.16. The molecule has 0 atom stereocenters. The molecule has 0 fully saturated rings. The first-order valence-corrected chi connectivity index (χ1v) is 6.92. The van der Waals surface area contributed by atoms with Gasteiger partial charge in [-0.15, -0.1) is 11.3 Å². The third-order valence-electron chi connectivity index (χ3n) is 2.81. The summed E-state index contributed by atoms with van der Waals surface area (Å²) in [7, 11) is 0. The first kappa shape index (κ1) is 11.7. The number of hydrogen-bond donors (Lipinski definition) is 0. The highest BCUT2D eigenvalue weighted by Crippen LogP contribution is 2.35. The summed E-state index contributed by atoms with van der Waals surface area (Å²) in [5, 5.41) is 0.750. The lowest BCUT2D eigenvalue weighted by atomic mass is 10.3. The Morgan fingerprint density at radius 3 is 2.83 bits per heavy atom. The van der Waals surface area contributed by atoms with Crippen molar-refractivity contribution in [3.05, 3.63) is 35.9 Å². The molecule has 18 heavy (non-hydrogen) atoms. The van der Waals surface area contributed by atoms with Gasteiger partial charge in [-0.3, -0.25) is 4.98 Å². The first-order chi connectivity index (χ1) is 8.65. The molecule has 0 aliphatic carbocycles. The molecule has 0 bridgehead atoms. The van der Waals surface area contributed by atoms with Crippen molar-refractivity contribution in [2.24, 2.45) is 0 Å². The van der Waals surface area contributed by atoms with E-state index in [-0.39, 0.29) is 0 Å². The van der Waals surface area contributed by atoms with Crippen molar-refractivity contribution in [3.63, 3.8) is 0 Å². The lowest BCUT2D eigenvalue weighted by Crippen LogP contribution is -1.95. The Labute approximate surface area is 114 Å². The molecule has 3 aromatic heterocycles. The molecule has 0 saturated carbocycles. The van der Waals surface area contributed by atoms with E-state index >= 15 is 0 Å². The number of rotatable bonds is 2. The van der Waals surface area contributed by atoms with E-state index in [1.54, 1.807) is 17.5 Å². The van der Waals surface area contributed by atoms with E-state index in [4.69, 9.17) is 11.6 Å². The summed E-state index contributed by atoms with van der Waals surface area (Å²) in [6, 6.07) is 4.28. The maximum Gasteiger partial charge on any atom is 0.0982 e. The summed E-state index contributed by atoms with van der Waals surface area (Å²) in [5.41, 5.74) is 1.91. The van der Waals surface area contributed by atoms with Crippen molar-refractivity contribution < 1.29 is 0 Å². The second kappa shape index (κ2) is 4.37. The fraction of sp³-hybridized carbons (Fsp3) is 0.231. The van der Waals surface area contributed by atoms with Gasteiger partial charge in [0.2, 0.25) is 0 Å². The standard InChI is InChI=1S/C13H12ClN3S/c1-8(2)17-6-11(16-7-17)12-5-10-13(18-12)9(14)3-4-15-10/h3-8H,1-2H3.